The van der Waals surface area contributed by atoms with Crippen molar-refractivity contribution in [3.8, 4) is 12.3 Å². The molecule has 0 atom stereocenters. The normalized spacial score (nSPS) is 21.5. The van der Waals surface area contributed by atoms with Crippen molar-refractivity contribution < 1.29 is 4.74 Å². The van der Waals surface area contributed by atoms with E-state index in [-0.39, 0.29) is 0 Å². The zero-order valence-corrected chi connectivity index (χ0v) is 6.18. The van der Waals surface area contributed by atoms with Crippen molar-refractivity contribution in [1.29, 1.82) is 0 Å². The molecule has 0 aromatic rings. The van der Waals surface area contributed by atoms with Crippen molar-refractivity contribution in [3.05, 3.63) is 0 Å². The minimum absolute atomic E-state index is 0.767. The summed E-state index contributed by atoms with van der Waals surface area (Å²) >= 11 is 0. The van der Waals surface area contributed by atoms with Crippen LogP contribution >= 0.6 is 0 Å². The Bertz CT molecular complexity index is 120. The van der Waals surface area contributed by atoms with E-state index in [1.54, 1.807) is 0 Å². The van der Waals surface area contributed by atoms with E-state index in [1.165, 1.54) is 0 Å². The van der Waals surface area contributed by atoms with Crippen molar-refractivity contribution in [3.63, 3.8) is 0 Å². The molecule has 1 aliphatic rings. The van der Waals surface area contributed by atoms with Gasteiger partial charge in [-0.1, -0.05) is 5.92 Å². The van der Waals surface area contributed by atoms with Crippen LogP contribution in [0.15, 0.2) is 0 Å². The van der Waals surface area contributed by atoms with Crippen LogP contribution in [0.1, 0.15) is 6.42 Å². The molecule has 1 saturated heterocycles. The summed E-state index contributed by atoms with van der Waals surface area (Å²) < 4.78 is 5.26. The highest BCUT2D eigenvalue weighted by molar-refractivity contribution is 4.88. The van der Waals surface area contributed by atoms with Gasteiger partial charge in [0.2, 0.25) is 0 Å². The summed E-state index contributed by atoms with van der Waals surface area (Å²) in [5.74, 6) is 2.64. The molecule has 0 aromatic carbocycles. The van der Waals surface area contributed by atoms with Crippen LogP contribution in [0.3, 0.4) is 0 Å². The van der Waals surface area contributed by atoms with E-state index in [4.69, 9.17) is 11.2 Å². The summed E-state index contributed by atoms with van der Waals surface area (Å²) in [6.45, 7) is 4.57. The number of ether oxygens (including phenoxy) is 1. The second kappa shape index (κ2) is 4.32. The van der Waals surface area contributed by atoms with Gasteiger partial charge in [-0.15, -0.1) is 6.42 Å². The Balaban J connectivity index is 2.23. The first-order valence-corrected chi connectivity index (χ1v) is 3.67. The van der Waals surface area contributed by atoms with Crippen LogP contribution in [0.2, 0.25) is 0 Å². The minimum atomic E-state index is 0.767. The van der Waals surface area contributed by atoms with Crippen LogP contribution in [0, 0.1) is 12.3 Å². The van der Waals surface area contributed by atoms with Gasteiger partial charge in [0.05, 0.1) is 13.2 Å². The van der Waals surface area contributed by atoms with Crippen LogP contribution in [-0.4, -0.2) is 37.7 Å². The molecular formula is C8H13NO. The van der Waals surface area contributed by atoms with Crippen molar-refractivity contribution in [2.45, 2.75) is 6.42 Å². The quantitative estimate of drug-likeness (QED) is 0.486. The highest BCUT2D eigenvalue weighted by atomic mass is 16.5. The summed E-state index contributed by atoms with van der Waals surface area (Å²) in [6, 6.07) is 0. The maximum atomic E-state index is 5.26. The zero-order chi connectivity index (χ0) is 7.23. The lowest BCUT2D eigenvalue weighted by Gasteiger charge is -2.14. The van der Waals surface area contributed by atoms with Gasteiger partial charge < -0.3 is 4.74 Å². The lowest BCUT2D eigenvalue weighted by atomic mass is 10.4. The number of hydrogen-bond donors (Lipinski definition) is 0. The fourth-order valence-electron chi connectivity index (χ4n) is 1.08. The van der Waals surface area contributed by atoms with E-state index >= 15 is 0 Å². The molecule has 0 saturated carbocycles. The molecule has 0 bridgehead atoms. The molecule has 0 amide bonds. The predicted octanol–water partition coefficient (Wildman–Crippen LogP) is 0.342. The van der Waals surface area contributed by atoms with Gasteiger partial charge in [-0.25, -0.2) is 0 Å². The van der Waals surface area contributed by atoms with Gasteiger partial charge in [0.15, 0.2) is 0 Å². The topological polar surface area (TPSA) is 12.5 Å². The molecule has 0 aromatic heterocycles. The predicted molar refractivity (Wildman–Crippen MR) is 40.7 cm³/mol. The summed E-state index contributed by atoms with van der Waals surface area (Å²) in [4.78, 5) is 2.24. The van der Waals surface area contributed by atoms with E-state index in [0.29, 0.717) is 0 Å². The van der Waals surface area contributed by atoms with Gasteiger partial charge in [-0.3, -0.25) is 4.90 Å². The van der Waals surface area contributed by atoms with Gasteiger partial charge in [-0.05, 0) is 6.42 Å². The van der Waals surface area contributed by atoms with Gasteiger partial charge in [-0.2, -0.15) is 0 Å². The molecular weight excluding hydrogens is 126 g/mol. The lowest BCUT2D eigenvalue weighted by molar-refractivity contribution is 0.143. The molecule has 2 nitrogen and oxygen atoms in total. The fraction of sp³-hybridized carbons (Fsp3) is 0.750. The minimum Gasteiger partial charge on any atom is -0.380 e. The van der Waals surface area contributed by atoms with Crippen LogP contribution in [-0.2, 0) is 4.74 Å². The largest absolute Gasteiger partial charge is 0.380 e. The van der Waals surface area contributed by atoms with E-state index in [1.807, 2.05) is 0 Å². The van der Waals surface area contributed by atoms with Crippen molar-refractivity contribution in [1.82, 2.24) is 4.90 Å². The number of nitrogens with zero attached hydrogens (tertiary/aromatic N) is 1. The Hall–Kier alpha value is -0.520. The summed E-state index contributed by atoms with van der Waals surface area (Å²) in [6.07, 6.45) is 6.29. The Morgan fingerprint density at radius 3 is 3.10 bits per heavy atom. The molecule has 0 aliphatic carbocycles. The summed E-state index contributed by atoms with van der Waals surface area (Å²) in [5, 5.41) is 0. The van der Waals surface area contributed by atoms with E-state index in [0.717, 1.165) is 39.3 Å². The second-order valence-corrected chi connectivity index (χ2v) is 2.45. The van der Waals surface area contributed by atoms with Crippen molar-refractivity contribution in [2.24, 2.45) is 0 Å². The van der Waals surface area contributed by atoms with E-state index in [2.05, 4.69) is 10.8 Å². The first kappa shape index (κ1) is 7.59. The highest BCUT2D eigenvalue weighted by Gasteiger charge is 2.05. The van der Waals surface area contributed by atoms with Gasteiger partial charge >= 0.3 is 0 Å². The van der Waals surface area contributed by atoms with Crippen LogP contribution in [0.4, 0.5) is 0 Å². The third-order valence-electron chi connectivity index (χ3n) is 1.63. The Labute approximate surface area is 62.2 Å². The average Bonchev–Trinajstić information content (AvgIpc) is 2.17. The third kappa shape index (κ3) is 2.38. The summed E-state index contributed by atoms with van der Waals surface area (Å²) in [5.41, 5.74) is 0. The molecule has 0 spiro atoms. The third-order valence-corrected chi connectivity index (χ3v) is 1.63. The van der Waals surface area contributed by atoms with E-state index in [9.17, 15) is 0 Å². The second-order valence-electron chi connectivity index (χ2n) is 2.45. The number of rotatable bonds is 1. The number of terminal acetylenes is 1. The smallest absolute Gasteiger partial charge is 0.0599 e. The molecule has 1 rings (SSSR count). The Morgan fingerprint density at radius 2 is 2.30 bits per heavy atom. The molecule has 10 heavy (non-hydrogen) atoms. The van der Waals surface area contributed by atoms with Crippen LogP contribution in [0.25, 0.3) is 0 Å². The van der Waals surface area contributed by atoms with Crippen molar-refractivity contribution >= 4 is 0 Å². The highest BCUT2D eigenvalue weighted by Crippen LogP contribution is 1.96. The molecule has 0 N–H and O–H groups in total. The van der Waals surface area contributed by atoms with Crippen molar-refractivity contribution in [2.75, 3.05) is 32.8 Å². The van der Waals surface area contributed by atoms with Crippen LogP contribution < -0.4 is 0 Å². The first-order valence-electron chi connectivity index (χ1n) is 3.67. The molecule has 2 heteroatoms. The zero-order valence-electron chi connectivity index (χ0n) is 6.18. The van der Waals surface area contributed by atoms with Crippen LogP contribution in [0.5, 0.6) is 0 Å². The molecule has 0 unspecified atom stereocenters. The maximum Gasteiger partial charge on any atom is 0.0599 e. The first-order chi connectivity index (χ1) is 4.93. The SMILES string of the molecule is C#CCN1CCCOCC1. The van der Waals surface area contributed by atoms with E-state index < -0.39 is 0 Å². The number of hydrogen-bond acceptors (Lipinski definition) is 2. The molecule has 0 radical (unpaired) electrons. The molecule has 1 fully saturated rings. The maximum absolute atomic E-state index is 5.26. The Morgan fingerprint density at radius 1 is 1.40 bits per heavy atom. The standard InChI is InChI=1S/C8H13NO/c1-2-4-9-5-3-7-10-8-6-9/h1H,3-8H2. The lowest BCUT2D eigenvalue weighted by Crippen LogP contribution is -2.26. The average molecular weight is 139 g/mol. The summed E-state index contributed by atoms with van der Waals surface area (Å²) in [7, 11) is 0. The molecule has 1 heterocycles. The monoisotopic (exact) mass is 139 g/mol. The van der Waals surface area contributed by atoms with Gasteiger partial charge in [0.1, 0.15) is 0 Å². The Kier molecular flexibility index (Phi) is 3.28. The fourth-order valence-corrected chi connectivity index (χ4v) is 1.08. The molecule has 56 valence electrons. The van der Waals surface area contributed by atoms with Gasteiger partial charge in [0, 0.05) is 19.7 Å². The molecule has 1 aliphatic heterocycles. The van der Waals surface area contributed by atoms with Gasteiger partial charge in [0.25, 0.3) is 0 Å².